The molecule has 54 heavy (non-hydrogen) atoms. The minimum absolute atomic E-state index is 0.0912. The first kappa shape index (κ1) is 33.2. The lowest BCUT2D eigenvalue weighted by molar-refractivity contribution is 0.660. The molecule has 0 unspecified atom stereocenters. The molecule has 0 aliphatic heterocycles. The normalized spacial score (nSPS) is 13.4. The number of benzene rings is 7. The van der Waals surface area contributed by atoms with Crippen molar-refractivity contribution in [3.8, 4) is 33.4 Å². The quantitative estimate of drug-likeness (QED) is 0.144. The molecule has 9 rings (SSSR count). The highest BCUT2D eigenvalue weighted by molar-refractivity contribution is 6.11. The maximum absolute atomic E-state index is 3.89. The molecule has 7 aromatic carbocycles. The maximum Gasteiger partial charge on any atom is 0.0541 e. The van der Waals surface area contributed by atoms with Crippen LogP contribution >= 0.6 is 0 Å². The number of nitrogens with zero attached hydrogens (tertiary/aromatic N) is 2. The summed E-state index contributed by atoms with van der Waals surface area (Å²) in [5.74, 6) is 0. The van der Waals surface area contributed by atoms with Crippen molar-refractivity contribution >= 4 is 44.6 Å². The van der Waals surface area contributed by atoms with Crippen LogP contribution in [0.25, 0.3) is 60.9 Å². The number of aromatic nitrogens is 1. The van der Waals surface area contributed by atoms with Crippen LogP contribution in [0.15, 0.2) is 195 Å². The van der Waals surface area contributed by atoms with E-state index in [9.17, 15) is 0 Å². The van der Waals surface area contributed by atoms with Crippen LogP contribution < -0.4 is 4.90 Å². The number of allylic oxidation sites excluding steroid dienone is 5. The van der Waals surface area contributed by atoms with Gasteiger partial charge in [-0.2, -0.15) is 0 Å². The molecule has 0 saturated carbocycles. The van der Waals surface area contributed by atoms with E-state index in [1.165, 1.54) is 66.3 Å². The molecule has 1 aromatic heterocycles. The van der Waals surface area contributed by atoms with E-state index in [2.05, 4.69) is 213 Å². The average Bonchev–Trinajstić information content (AvgIpc) is 3.67. The zero-order chi connectivity index (χ0) is 36.8. The van der Waals surface area contributed by atoms with E-state index in [0.29, 0.717) is 0 Å². The predicted octanol–water partition coefficient (Wildman–Crippen LogP) is 14.5. The molecule has 0 bridgehead atoms. The van der Waals surface area contributed by atoms with Crippen molar-refractivity contribution in [1.29, 1.82) is 0 Å². The Bertz CT molecular complexity index is 2740. The number of para-hydroxylation sites is 1. The molecule has 1 heterocycles. The second-order valence-electron chi connectivity index (χ2n) is 14.6. The van der Waals surface area contributed by atoms with Crippen LogP contribution in [-0.4, -0.2) is 4.57 Å². The van der Waals surface area contributed by atoms with Crippen LogP contribution in [0.1, 0.15) is 31.9 Å². The summed E-state index contributed by atoms with van der Waals surface area (Å²) in [5.41, 5.74) is 17.0. The molecule has 0 fully saturated rings. The van der Waals surface area contributed by atoms with E-state index in [-0.39, 0.29) is 5.41 Å². The Labute approximate surface area is 318 Å². The van der Waals surface area contributed by atoms with Crippen molar-refractivity contribution in [2.75, 3.05) is 4.90 Å². The summed E-state index contributed by atoms with van der Waals surface area (Å²) < 4.78 is 2.34. The van der Waals surface area contributed by atoms with E-state index in [1.807, 2.05) is 12.2 Å². The highest BCUT2D eigenvalue weighted by atomic mass is 15.1. The molecule has 0 spiro atoms. The molecule has 1 aliphatic carbocycles. The van der Waals surface area contributed by atoms with E-state index in [4.69, 9.17) is 0 Å². The lowest BCUT2D eigenvalue weighted by Gasteiger charge is -2.28. The van der Waals surface area contributed by atoms with Crippen molar-refractivity contribution in [2.24, 2.45) is 0 Å². The number of hydrogen-bond donors (Lipinski definition) is 0. The first-order chi connectivity index (χ1) is 26.5. The Morgan fingerprint density at radius 3 is 1.83 bits per heavy atom. The number of anilines is 3. The number of hydrogen-bond acceptors (Lipinski definition) is 1. The van der Waals surface area contributed by atoms with E-state index in [1.54, 1.807) is 0 Å². The molecule has 8 aromatic rings. The highest BCUT2D eigenvalue weighted by Crippen LogP contribution is 2.50. The van der Waals surface area contributed by atoms with E-state index >= 15 is 0 Å². The SMILES string of the molecule is C=C/C=C\C(=C/C)n1c2ccccc2c2cc(-c3ccc(N(c4ccc(-c5ccccc5)cc4)c4ccc5c(c4)C(C)(C)c4ccccc4-5)cc3)ccc21. The van der Waals surface area contributed by atoms with Gasteiger partial charge in [0.1, 0.15) is 0 Å². The molecule has 0 radical (unpaired) electrons. The summed E-state index contributed by atoms with van der Waals surface area (Å²) in [6.45, 7) is 10.7. The van der Waals surface area contributed by atoms with Gasteiger partial charge in [-0.3, -0.25) is 0 Å². The summed E-state index contributed by atoms with van der Waals surface area (Å²) in [6.07, 6.45) is 8.09. The standard InChI is InChI=1S/C52H42N2/c1-5-7-17-40(6-2)54-50-21-14-12-19-46(50)47-34-39(26-33-51(47)54)38-24-29-42(30-25-38)53(41-27-22-37(23-28-41)36-15-9-8-10-16-36)43-31-32-45-44-18-11-13-20-48(44)52(3,4)49(45)35-43/h5-35H,1H2,2-4H3/b17-7-,40-6+. The van der Waals surface area contributed by atoms with Gasteiger partial charge in [-0.05, 0) is 112 Å². The summed E-state index contributed by atoms with van der Waals surface area (Å²) >= 11 is 0. The van der Waals surface area contributed by atoms with Gasteiger partial charge in [-0.1, -0.05) is 148 Å². The zero-order valence-electron chi connectivity index (χ0n) is 31.0. The average molecular weight is 695 g/mol. The predicted molar refractivity (Wildman–Crippen MR) is 232 cm³/mol. The molecule has 0 saturated heterocycles. The minimum atomic E-state index is -0.0912. The fourth-order valence-electron chi connectivity index (χ4n) is 8.41. The summed E-state index contributed by atoms with van der Waals surface area (Å²) in [5, 5.41) is 2.48. The molecule has 0 amide bonds. The molecular weight excluding hydrogens is 653 g/mol. The van der Waals surface area contributed by atoms with Crippen molar-refractivity contribution < 1.29 is 0 Å². The zero-order valence-corrected chi connectivity index (χ0v) is 31.0. The molecule has 260 valence electrons. The van der Waals surface area contributed by atoms with Crippen molar-refractivity contribution in [3.63, 3.8) is 0 Å². The fraction of sp³-hybridized carbons (Fsp3) is 0.0769. The van der Waals surface area contributed by atoms with Crippen LogP contribution in [0.3, 0.4) is 0 Å². The topological polar surface area (TPSA) is 8.17 Å². The van der Waals surface area contributed by atoms with Crippen LogP contribution in [0, 0.1) is 0 Å². The largest absolute Gasteiger partial charge is 0.310 e. The molecule has 2 heteroatoms. The lowest BCUT2D eigenvalue weighted by Crippen LogP contribution is -2.16. The van der Waals surface area contributed by atoms with Gasteiger partial charge in [0, 0.05) is 38.9 Å². The minimum Gasteiger partial charge on any atom is -0.310 e. The smallest absolute Gasteiger partial charge is 0.0541 e. The van der Waals surface area contributed by atoms with Crippen molar-refractivity contribution in [3.05, 3.63) is 206 Å². The van der Waals surface area contributed by atoms with Crippen molar-refractivity contribution in [2.45, 2.75) is 26.2 Å². The van der Waals surface area contributed by atoms with Crippen molar-refractivity contribution in [1.82, 2.24) is 4.57 Å². The fourth-order valence-corrected chi connectivity index (χ4v) is 8.41. The van der Waals surface area contributed by atoms with Crippen LogP contribution in [-0.2, 0) is 5.41 Å². The lowest BCUT2D eigenvalue weighted by atomic mass is 9.82. The molecule has 1 aliphatic rings. The maximum atomic E-state index is 3.89. The van der Waals surface area contributed by atoms with Crippen LogP contribution in [0.4, 0.5) is 17.1 Å². The Morgan fingerprint density at radius 2 is 1.11 bits per heavy atom. The first-order valence-electron chi connectivity index (χ1n) is 18.8. The van der Waals surface area contributed by atoms with Crippen LogP contribution in [0.5, 0.6) is 0 Å². The van der Waals surface area contributed by atoms with Crippen LogP contribution in [0.2, 0.25) is 0 Å². The first-order valence-corrected chi connectivity index (χ1v) is 18.8. The summed E-state index contributed by atoms with van der Waals surface area (Å²) in [7, 11) is 0. The number of rotatable bonds is 8. The third-order valence-electron chi connectivity index (χ3n) is 11.1. The van der Waals surface area contributed by atoms with E-state index in [0.717, 1.165) is 22.8 Å². The Hall–Kier alpha value is -6.64. The molecule has 0 atom stereocenters. The molecular formula is C52H42N2. The third kappa shape index (κ3) is 5.50. The summed E-state index contributed by atoms with van der Waals surface area (Å²) in [6, 6.07) is 60.0. The van der Waals surface area contributed by atoms with Gasteiger partial charge in [-0.15, -0.1) is 0 Å². The Morgan fingerprint density at radius 1 is 0.537 bits per heavy atom. The van der Waals surface area contributed by atoms with Gasteiger partial charge in [-0.25, -0.2) is 0 Å². The van der Waals surface area contributed by atoms with Gasteiger partial charge >= 0.3 is 0 Å². The molecule has 2 nitrogen and oxygen atoms in total. The number of fused-ring (bicyclic) bond motifs is 6. The second kappa shape index (κ2) is 13.4. The third-order valence-corrected chi connectivity index (χ3v) is 11.1. The van der Waals surface area contributed by atoms with Gasteiger partial charge in [0.05, 0.1) is 11.0 Å². The molecule has 0 N–H and O–H groups in total. The monoisotopic (exact) mass is 694 g/mol. The second-order valence-corrected chi connectivity index (χ2v) is 14.6. The summed E-state index contributed by atoms with van der Waals surface area (Å²) in [4.78, 5) is 2.39. The van der Waals surface area contributed by atoms with Gasteiger partial charge in [0.2, 0.25) is 0 Å². The Kier molecular flexibility index (Phi) is 8.24. The Balaban J connectivity index is 1.13. The van der Waals surface area contributed by atoms with Gasteiger partial charge in [0.25, 0.3) is 0 Å². The van der Waals surface area contributed by atoms with Gasteiger partial charge in [0.15, 0.2) is 0 Å². The van der Waals surface area contributed by atoms with Gasteiger partial charge < -0.3 is 9.47 Å². The highest BCUT2D eigenvalue weighted by Gasteiger charge is 2.35. The van der Waals surface area contributed by atoms with E-state index < -0.39 is 0 Å².